The summed E-state index contributed by atoms with van der Waals surface area (Å²) in [5.74, 6) is -0.816. The second kappa shape index (κ2) is 6.12. The lowest BCUT2D eigenvalue weighted by Crippen LogP contribution is -2.54. The summed E-state index contributed by atoms with van der Waals surface area (Å²) in [5.41, 5.74) is -1.29. The van der Waals surface area contributed by atoms with Gasteiger partial charge in [-0.25, -0.2) is 0 Å². The highest BCUT2D eigenvalue weighted by atomic mass is 16.4. The third-order valence-corrected chi connectivity index (χ3v) is 4.97. The largest absolute Gasteiger partial charge is 0.481 e. The van der Waals surface area contributed by atoms with Crippen molar-refractivity contribution >= 4 is 11.9 Å². The van der Waals surface area contributed by atoms with Crippen LogP contribution in [-0.2, 0) is 9.59 Å². The Morgan fingerprint density at radius 1 is 1.10 bits per heavy atom. The van der Waals surface area contributed by atoms with Crippen LogP contribution in [0.3, 0.4) is 0 Å². The number of amides is 1. The molecule has 0 bridgehead atoms. The highest BCUT2D eigenvalue weighted by Crippen LogP contribution is 2.35. The van der Waals surface area contributed by atoms with Crippen LogP contribution >= 0.6 is 0 Å². The third-order valence-electron chi connectivity index (χ3n) is 4.97. The van der Waals surface area contributed by atoms with Crippen LogP contribution in [0.25, 0.3) is 0 Å². The highest BCUT2D eigenvalue weighted by molar-refractivity contribution is 5.87. The minimum Gasteiger partial charge on any atom is -0.481 e. The lowest BCUT2D eigenvalue weighted by molar-refractivity contribution is -0.150. The van der Waals surface area contributed by atoms with E-state index in [1.807, 2.05) is 6.92 Å². The molecule has 5 heteroatoms. The molecule has 1 saturated carbocycles. The zero-order valence-corrected chi connectivity index (χ0v) is 12.3. The van der Waals surface area contributed by atoms with E-state index < -0.39 is 16.9 Å². The van der Waals surface area contributed by atoms with E-state index in [9.17, 15) is 14.7 Å². The predicted molar refractivity (Wildman–Crippen MR) is 76.4 cm³/mol. The number of rotatable bonds is 4. The fourth-order valence-corrected chi connectivity index (χ4v) is 3.40. The minimum absolute atomic E-state index is 0.0557. The van der Waals surface area contributed by atoms with Crippen LogP contribution < -0.4 is 10.6 Å². The first-order chi connectivity index (χ1) is 9.49. The van der Waals surface area contributed by atoms with E-state index in [1.54, 1.807) is 0 Å². The number of aliphatic carboxylic acids is 1. The van der Waals surface area contributed by atoms with Crippen molar-refractivity contribution in [3.05, 3.63) is 0 Å². The van der Waals surface area contributed by atoms with Gasteiger partial charge in [-0.05, 0) is 39.2 Å². The van der Waals surface area contributed by atoms with Crippen molar-refractivity contribution < 1.29 is 14.7 Å². The molecule has 1 aliphatic heterocycles. The first kappa shape index (κ1) is 15.3. The molecule has 2 fully saturated rings. The van der Waals surface area contributed by atoms with E-state index in [0.717, 1.165) is 45.1 Å². The van der Waals surface area contributed by atoms with Crippen LogP contribution in [-0.4, -0.2) is 35.6 Å². The topological polar surface area (TPSA) is 78.4 Å². The molecule has 1 aliphatic carbocycles. The standard InChI is InChI=1S/C15H26N2O3/c1-14(7-6-10-17-14)12(18)16-11-15(13(19)20)8-4-2-3-5-9-15/h17H,2-11H2,1H3,(H,16,18)(H,19,20). The van der Waals surface area contributed by atoms with Gasteiger partial charge in [-0.2, -0.15) is 0 Å². The minimum atomic E-state index is -0.763. The van der Waals surface area contributed by atoms with Crippen molar-refractivity contribution in [3.63, 3.8) is 0 Å². The number of hydrogen-bond acceptors (Lipinski definition) is 3. The van der Waals surface area contributed by atoms with Crippen molar-refractivity contribution in [2.45, 2.75) is 63.8 Å². The molecular weight excluding hydrogens is 256 g/mol. The van der Waals surface area contributed by atoms with Gasteiger partial charge < -0.3 is 15.7 Å². The maximum atomic E-state index is 12.3. The summed E-state index contributed by atoms with van der Waals surface area (Å²) in [5, 5.41) is 15.7. The van der Waals surface area contributed by atoms with Crippen molar-refractivity contribution in [1.29, 1.82) is 0 Å². The Bertz CT molecular complexity index is 367. The molecule has 1 atom stereocenters. The second-order valence-corrected chi connectivity index (χ2v) is 6.54. The average molecular weight is 282 g/mol. The molecule has 3 N–H and O–H groups in total. The Labute approximate surface area is 120 Å². The fraction of sp³-hybridized carbons (Fsp3) is 0.867. The monoisotopic (exact) mass is 282 g/mol. The summed E-state index contributed by atoms with van der Waals surface area (Å²) < 4.78 is 0. The van der Waals surface area contributed by atoms with Crippen molar-refractivity contribution in [2.24, 2.45) is 5.41 Å². The SMILES string of the molecule is CC1(C(=O)NCC2(C(=O)O)CCCCCC2)CCCN1. The quantitative estimate of drug-likeness (QED) is 0.685. The number of carboxylic acids is 1. The van der Waals surface area contributed by atoms with Gasteiger partial charge in [0.15, 0.2) is 0 Å². The van der Waals surface area contributed by atoms with Gasteiger partial charge in [0.05, 0.1) is 11.0 Å². The number of nitrogens with one attached hydrogen (secondary N) is 2. The van der Waals surface area contributed by atoms with E-state index in [0.29, 0.717) is 12.8 Å². The third kappa shape index (κ3) is 3.14. The van der Waals surface area contributed by atoms with Gasteiger partial charge in [0.25, 0.3) is 0 Å². The molecular formula is C15H26N2O3. The van der Waals surface area contributed by atoms with E-state index in [1.165, 1.54) is 0 Å². The lowest BCUT2D eigenvalue weighted by Gasteiger charge is -2.31. The molecule has 1 saturated heterocycles. The molecule has 2 rings (SSSR count). The van der Waals surface area contributed by atoms with Gasteiger partial charge in [0, 0.05) is 6.54 Å². The first-order valence-electron chi connectivity index (χ1n) is 7.75. The molecule has 1 unspecified atom stereocenters. The van der Waals surface area contributed by atoms with E-state index in [4.69, 9.17) is 0 Å². The van der Waals surface area contributed by atoms with Gasteiger partial charge in [-0.15, -0.1) is 0 Å². The second-order valence-electron chi connectivity index (χ2n) is 6.54. The summed E-state index contributed by atoms with van der Waals surface area (Å²) in [7, 11) is 0. The molecule has 0 spiro atoms. The van der Waals surface area contributed by atoms with E-state index in [-0.39, 0.29) is 12.5 Å². The normalized spacial score (nSPS) is 29.6. The van der Waals surface area contributed by atoms with E-state index >= 15 is 0 Å². The fourth-order valence-electron chi connectivity index (χ4n) is 3.40. The molecule has 1 amide bonds. The van der Waals surface area contributed by atoms with Crippen LogP contribution in [0, 0.1) is 5.41 Å². The molecule has 5 nitrogen and oxygen atoms in total. The number of carbonyl (C=O) groups is 2. The van der Waals surface area contributed by atoms with Gasteiger partial charge in [0.1, 0.15) is 0 Å². The van der Waals surface area contributed by atoms with Gasteiger partial charge in [-0.3, -0.25) is 9.59 Å². The van der Waals surface area contributed by atoms with Crippen LogP contribution in [0.4, 0.5) is 0 Å². The molecule has 114 valence electrons. The van der Waals surface area contributed by atoms with Crippen LogP contribution in [0.5, 0.6) is 0 Å². The van der Waals surface area contributed by atoms with E-state index in [2.05, 4.69) is 10.6 Å². The van der Waals surface area contributed by atoms with Crippen LogP contribution in [0.2, 0.25) is 0 Å². The molecule has 20 heavy (non-hydrogen) atoms. The molecule has 1 heterocycles. The average Bonchev–Trinajstić information content (AvgIpc) is 2.73. The Morgan fingerprint density at radius 2 is 1.75 bits per heavy atom. The zero-order chi connectivity index (χ0) is 14.6. The molecule has 0 aromatic carbocycles. The van der Waals surface area contributed by atoms with Crippen molar-refractivity contribution in [3.8, 4) is 0 Å². The lowest BCUT2D eigenvalue weighted by atomic mass is 9.80. The van der Waals surface area contributed by atoms with Crippen LogP contribution in [0.15, 0.2) is 0 Å². The number of carboxylic acid groups (broad SMARTS) is 1. The Morgan fingerprint density at radius 3 is 2.25 bits per heavy atom. The maximum Gasteiger partial charge on any atom is 0.311 e. The summed E-state index contributed by atoms with van der Waals surface area (Å²) in [6, 6.07) is 0. The van der Waals surface area contributed by atoms with Crippen molar-refractivity contribution in [1.82, 2.24) is 10.6 Å². The van der Waals surface area contributed by atoms with Gasteiger partial charge in [-0.1, -0.05) is 25.7 Å². The molecule has 0 radical (unpaired) electrons. The van der Waals surface area contributed by atoms with Gasteiger partial charge >= 0.3 is 5.97 Å². The Kier molecular flexibility index (Phi) is 4.68. The molecule has 0 aromatic rings. The highest BCUT2D eigenvalue weighted by Gasteiger charge is 2.41. The summed E-state index contributed by atoms with van der Waals surface area (Å²) in [4.78, 5) is 24.0. The summed E-state index contributed by atoms with van der Waals surface area (Å²) in [6.45, 7) is 3.02. The maximum absolute atomic E-state index is 12.3. The smallest absolute Gasteiger partial charge is 0.311 e. The van der Waals surface area contributed by atoms with Crippen molar-refractivity contribution in [2.75, 3.05) is 13.1 Å². The molecule has 2 aliphatic rings. The Balaban J connectivity index is 1.98. The summed E-state index contributed by atoms with van der Waals surface area (Å²) >= 11 is 0. The molecule has 0 aromatic heterocycles. The zero-order valence-electron chi connectivity index (χ0n) is 12.3. The van der Waals surface area contributed by atoms with Crippen LogP contribution in [0.1, 0.15) is 58.3 Å². The number of carbonyl (C=O) groups excluding carboxylic acids is 1. The first-order valence-corrected chi connectivity index (χ1v) is 7.75. The predicted octanol–water partition coefficient (Wildman–Crippen LogP) is 1.67. The summed E-state index contributed by atoms with van der Waals surface area (Å²) in [6.07, 6.45) is 7.24. The number of hydrogen-bond donors (Lipinski definition) is 3. The van der Waals surface area contributed by atoms with Gasteiger partial charge in [0.2, 0.25) is 5.91 Å². The Hall–Kier alpha value is -1.10.